The van der Waals surface area contributed by atoms with Crippen molar-refractivity contribution >= 4 is 0 Å². The smallest absolute Gasteiger partial charge is 0.0475 e. The predicted molar refractivity (Wildman–Crippen MR) is 90.8 cm³/mol. The first-order chi connectivity index (χ1) is 9.74. The molecule has 0 saturated carbocycles. The van der Waals surface area contributed by atoms with Gasteiger partial charge in [-0.3, -0.25) is 0 Å². The molecule has 2 aromatic rings. The number of benzene rings is 1. The summed E-state index contributed by atoms with van der Waals surface area (Å²) in [6.07, 6.45) is 4.43. The zero-order valence-corrected chi connectivity index (χ0v) is 14.2. The third-order valence-corrected chi connectivity index (χ3v) is 3.82. The molecule has 1 aromatic carbocycles. The summed E-state index contributed by atoms with van der Waals surface area (Å²) in [6, 6.07) is 6.75. The Kier molecular flexibility index (Phi) is 4.58. The highest BCUT2D eigenvalue weighted by molar-refractivity contribution is 5.37. The molecule has 0 aliphatic heterocycles. The third kappa shape index (κ3) is 4.47. The zero-order valence-electron chi connectivity index (χ0n) is 14.2. The first-order valence-corrected chi connectivity index (χ1v) is 7.71. The first kappa shape index (κ1) is 15.8. The van der Waals surface area contributed by atoms with E-state index >= 15 is 0 Å². The van der Waals surface area contributed by atoms with Crippen molar-refractivity contribution in [2.45, 2.75) is 60.2 Å². The van der Waals surface area contributed by atoms with Crippen LogP contribution in [0.1, 0.15) is 48.6 Å². The van der Waals surface area contributed by atoms with Gasteiger partial charge in [-0.2, -0.15) is 0 Å². The van der Waals surface area contributed by atoms with Crippen LogP contribution in [0.2, 0.25) is 0 Å². The summed E-state index contributed by atoms with van der Waals surface area (Å²) in [7, 11) is 0. The Morgan fingerprint density at radius 2 is 1.67 bits per heavy atom. The van der Waals surface area contributed by atoms with Gasteiger partial charge in [0.2, 0.25) is 0 Å². The molecule has 0 radical (unpaired) electrons. The Morgan fingerprint density at radius 3 is 2.24 bits per heavy atom. The average Bonchev–Trinajstić information content (AvgIpc) is 2.78. The summed E-state index contributed by atoms with van der Waals surface area (Å²) in [5, 5.41) is 3.53. The van der Waals surface area contributed by atoms with Crippen molar-refractivity contribution in [1.82, 2.24) is 9.88 Å². The predicted octanol–water partition coefficient (Wildman–Crippen LogP) is 4.35. The molecule has 0 aliphatic rings. The summed E-state index contributed by atoms with van der Waals surface area (Å²) in [6.45, 7) is 15.0. The lowest BCUT2D eigenvalue weighted by molar-refractivity contribution is 0.424. The lowest BCUT2D eigenvalue weighted by Gasteiger charge is -2.19. The molecule has 0 bridgehead atoms. The van der Waals surface area contributed by atoms with E-state index in [1.54, 1.807) is 0 Å². The highest BCUT2D eigenvalue weighted by Crippen LogP contribution is 2.18. The van der Waals surface area contributed by atoms with Crippen LogP contribution in [0.5, 0.6) is 0 Å². The van der Waals surface area contributed by atoms with Crippen LogP contribution in [0.15, 0.2) is 30.6 Å². The second kappa shape index (κ2) is 6.07. The minimum Gasteiger partial charge on any atom is -0.350 e. The Morgan fingerprint density at radius 1 is 1.05 bits per heavy atom. The van der Waals surface area contributed by atoms with Gasteiger partial charge in [-0.1, -0.05) is 17.7 Å². The fourth-order valence-electron chi connectivity index (χ4n) is 2.70. The fourth-order valence-corrected chi connectivity index (χ4v) is 2.70. The van der Waals surface area contributed by atoms with Crippen molar-refractivity contribution in [3.63, 3.8) is 0 Å². The van der Waals surface area contributed by atoms with Gasteiger partial charge in [-0.05, 0) is 69.9 Å². The summed E-state index contributed by atoms with van der Waals surface area (Å²) in [5.41, 5.74) is 7.05. The topological polar surface area (TPSA) is 17.0 Å². The van der Waals surface area contributed by atoms with Gasteiger partial charge in [0, 0.05) is 31.0 Å². The van der Waals surface area contributed by atoms with Gasteiger partial charge in [0.05, 0.1) is 0 Å². The number of nitrogens with zero attached hydrogens (tertiary/aromatic N) is 1. The van der Waals surface area contributed by atoms with E-state index in [0.29, 0.717) is 0 Å². The molecule has 2 rings (SSSR count). The maximum Gasteiger partial charge on any atom is 0.0475 e. The molecule has 114 valence electrons. The Hall–Kier alpha value is -1.54. The molecule has 1 N–H and O–H groups in total. The van der Waals surface area contributed by atoms with Crippen molar-refractivity contribution in [1.29, 1.82) is 0 Å². The highest BCUT2D eigenvalue weighted by atomic mass is 15.0. The minimum absolute atomic E-state index is 0.159. The number of aryl methyl sites for hydroxylation is 3. The van der Waals surface area contributed by atoms with Crippen LogP contribution in [-0.2, 0) is 13.1 Å². The van der Waals surface area contributed by atoms with E-state index in [-0.39, 0.29) is 5.54 Å². The Balaban J connectivity index is 2.10. The molecule has 0 aliphatic carbocycles. The van der Waals surface area contributed by atoms with Crippen LogP contribution >= 0.6 is 0 Å². The van der Waals surface area contributed by atoms with Crippen LogP contribution < -0.4 is 5.32 Å². The van der Waals surface area contributed by atoms with E-state index in [2.05, 4.69) is 82.0 Å². The van der Waals surface area contributed by atoms with Crippen LogP contribution in [0.25, 0.3) is 0 Å². The molecule has 0 fully saturated rings. The van der Waals surface area contributed by atoms with E-state index in [9.17, 15) is 0 Å². The second-order valence-electron chi connectivity index (χ2n) is 7.17. The molecule has 0 amide bonds. The number of rotatable bonds is 4. The van der Waals surface area contributed by atoms with Gasteiger partial charge < -0.3 is 9.88 Å². The molecule has 1 heterocycles. The molecule has 0 unspecified atom stereocenters. The van der Waals surface area contributed by atoms with E-state index in [4.69, 9.17) is 0 Å². The van der Waals surface area contributed by atoms with Crippen LogP contribution in [0, 0.1) is 20.8 Å². The minimum atomic E-state index is 0.159. The normalized spacial score (nSPS) is 11.9. The van der Waals surface area contributed by atoms with Crippen LogP contribution in [0.4, 0.5) is 0 Å². The molecular weight excluding hydrogens is 256 g/mol. The molecule has 21 heavy (non-hydrogen) atoms. The monoisotopic (exact) mass is 284 g/mol. The van der Waals surface area contributed by atoms with E-state index in [1.165, 1.54) is 27.8 Å². The van der Waals surface area contributed by atoms with Crippen LogP contribution in [-0.4, -0.2) is 10.1 Å². The number of nitrogens with one attached hydrogen (secondary N) is 1. The third-order valence-electron chi connectivity index (χ3n) is 3.82. The Labute approximate surface area is 129 Å². The second-order valence-corrected chi connectivity index (χ2v) is 7.17. The first-order valence-electron chi connectivity index (χ1n) is 7.71. The van der Waals surface area contributed by atoms with Gasteiger partial charge in [0.25, 0.3) is 0 Å². The van der Waals surface area contributed by atoms with Crippen molar-refractivity contribution in [2.24, 2.45) is 0 Å². The summed E-state index contributed by atoms with van der Waals surface area (Å²) in [5.74, 6) is 0. The van der Waals surface area contributed by atoms with E-state index in [1.807, 2.05) is 0 Å². The maximum absolute atomic E-state index is 3.53. The van der Waals surface area contributed by atoms with Crippen molar-refractivity contribution in [3.8, 4) is 0 Å². The molecule has 0 spiro atoms. The molecule has 0 atom stereocenters. The van der Waals surface area contributed by atoms with Gasteiger partial charge >= 0.3 is 0 Å². The van der Waals surface area contributed by atoms with Crippen molar-refractivity contribution in [3.05, 3.63) is 58.4 Å². The molecule has 2 heteroatoms. The summed E-state index contributed by atoms with van der Waals surface area (Å²) < 4.78 is 2.28. The SMILES string of the molecule is Cc1cc(C)c(Cn2ccc(CNC(C)(C)C)c2)c(C)c1. The molecule has 0 saturated heterocycles. The van der Waals surface area contributed by atoms with Gasteiger partial charge in [-0.15, -0.1) is 0 Å². The lowest BCUT2D eigenvalue weighted by Crippen LogP contribution is -2.34. The Bertz CT molecular complexity index is 592. The lowest BCUT2D eigenvalue weighted by atomic mass is 10.00. The maximum atomic E-state index is 3.53. The van der Waals surface area contributed by atoms with Gasteiger partial charge in [0.15, 0.2) is 0 Å². The number of hydrogen-bond donors (Lipinski definition) is 1. The molecule has 2 nitrogen and oxygen atoms in total. The average molecular weight is 284 g/mol. The largest absolute Gasteiger partial charge is 0.350 e. The van der Waals surface area contributed by atoms with E-state index < -0.39 is 0 Å². The summed E-state index contributed by atoms with van der Waals surface area (Å²) in [4.78, 5) is 0. The molecular formula is C19H28N2. The van der Waals surface area contributed by atoms with Crippen LogP contribution in [0.3, 0.4) is 0 Å². The standard InChI is InChI=1S/C19H28N2/c1-14-9-15(2)18(16(3)10-14)13-21-8-7-17(12-21)11-20-19(4,5)6/h7-10,12,20H,11,13H2,1-6H3. The molecule has 1 aromatic heterocycles. The van der Waals surface area contributed by atoms with E-state index in [0.717, 1.165) is 13.1 Å². The summed E-state index contributed by atoms with van der Waals surface area (Å²) >= 11 is 0. The highest BCUT2D eigenvalue weighted by Gasteiger charge is 2.09. The fraction of sp³-hybridized carbons (Fsp3) is 0.474. The quantitative estimate of drug-likeness (QED) is 0.883. The zero-order chi connectivity index (χ0) is 15.6. The number of hydrogen-bond acceptors (Lipinski definition) is 1. The van der Waals surface area contributed by atoms with Crippen molar-refractivity contribution < 1.29 is 0 Å². The number of aromatic nitrogens is 1. The van der Waals surface area contributed by atoms with Gasteiger partial charge in [-0.25, -0.2) is 0 Å². The van der Waals surface area contributed by atoms with Gasteiger partial charge in [0.1, 0.15) is 0 Å². The van der Waals surface area contributed by atoms with Crippen molar-refractivity contribution in [2.75, 3.05) is 0 Å².